The van der Waals surface area contributed by atoms with Crippen LogP contribution in [0.4, 0.5) is 11.4 Å². The first-order valence-electron chi connectivity index (χ1n) is 8.27. The van der Waals surface area contributed by atoms with Gasteiger partial charge < -0.3 is 15.0 Å². The maximum Gasteiger partial charge on any atom is 0.142 e. The van der Waals surface area contributed by atoms with Crippen molar-refractivity contribution in [1.82, 2.24) is 4.90 Å². The van der Waals surface area contributed by atoms with Gasteiger partial charge in [-0.3, -0.25) is 4.90 Å². The fourth-order valence-electron chi connectivity index (χ4n) is 3.70. The average Bonchev–Trinajstić information content (AvgIpc) is 2.78. The lowest BCUT2D eigenvalue weighted by atomic mass is 9.86. The van der Waals surface area contributed by atoms with Crippen LogP contribution in [-0.2, 0) is 5.41 Å². The molecule has 0 aromatic heterocycles. The fourth-order valence-corrected chi connectivity index (χ4v) is 3.70. The highest BCUT2D eigenvalue weighted by Crippen LogP contribution is 2.43. The molecule has 0 radical (unpaired) electrons. The number of piperazine rings is 1. The highest BCUT2D eigenvalue weighted by atomic mass is 16.5. The van der Waals surface area contributed by atoms with Crippen molar-refractivity contribution in [2.24, 2.45) is 0 Å². The Morgan fingerprint density at radius 3 is 2.41 bits per heavy atom. The van der Waals surface area contributed by atoms with E-state index < -0.39 is 0 Å². The normalized spacial score (nSPS) is 27.5. The van der Waals surface area contributed by atoms with E-state index in [-0.39, 0.29) is 5.41 Å². The number of hydrogen-bond donors (Lipinski definition) is 1. The molecule has 2 aliphatic rings. The van der Waals surface area contributed by atoms with Crippen LogP contribution in [-0.4, -0.2) is 50.8 Å². The zero-order valence-electron chi connectivity index (χ0n) is 14.7. The quantitative estimate of drug-likeness (QED) is 0.909. The van der Waals surface area contributed by atoms with Gasteiger partial charge in [0.1, 0.15) is 5.75 Å². The van der Waals surface area contributed by atoms with Gasteiger partial charge in [0.25, 0.3) is 0 Å². The minimum atomic E-state index is 0.170. The number of fused-ring (bicyclic) bond motifs is 1. The van der Waals surface area contributed by atoms with Crippen molar-refractivity contribution in [3.63, 3.8) is 0 Å². The summed E-state index contributed by atoms with van der Waals surface area (Å²) in [6.07, 6.45) is 0. The molecule has 0 amide bonds. The van der Waals surface area contributed by atoms with Crippen LogP contribution in [0.1, 0.15) is 33.3 Å². The van der Waals surface area contributed by atoms with Gasteiger partial charge in [0.2, 0.25) is 0 Å². The molecule has 2 atom stereocenters. The topological polar surface area (TPSA) is 27.7 Å². The Labute approximate surface area is 134 Å². The van der Waals surface area contributed by atoms with E-state index >= 15 is 0 Å². The SMILES string of the molecule is COc1cc2c(cc1N1CC(C)N(C)C(C)C1)NCC2(C)C. The molecule has 0 saturated carbocycles. The average molecular weight is 303 g/mol. The molecule has 1 N–H and O–H groups in total. The number of likely N-dealkylation sites (N-methyl/N-ethyl adjacent to an activating group) is 1. The number of benzene rings is 1. The lowest BCUT2D eigenvalue weighted by Gasteiger charge is -2.44. The molecule has 122 valence electrons. The smallest absolute Gasteiger partial charge is 0.142 e. The van der Waals surface area contributed by atoms with Gasteiger partial charge in [-0.2, -0.15) is 0 Å². The molecule has 4 heteroatoms. The van der Waals surface area contributed by atoms with Gasteiger partial charge >= 0.3 is 0 Å². The molecule has 1 saturated heterocycles. The van der Waals surface area contributed by atoms with E-state index in [0.717, 1.165) is 25.4 Å². The van der Waals surface area contributed by atoms with Crippen LogP contribution in [0, 0.1) is 0 Å². The second kappa shape index (κ2) is 5.34. The second-order valence-electron chi connectivity index (χ2n) is 7.58. The zero-order valence-corrected chi connectivity index (χ0v) is 14.7. The first kappa shape index (κ1) is 15.5. The molecular weight excluding hydrogens is 274 g/mol. The second-order valence-corrected chi connectivity index (χ2v) is 7.58. The molecule has 0 aliphatic carbocycles. The van der Waals surface area contributed by atoms with Crippen molar-refractivity contribution in [3.8, 4) is 5.75 Å². The van der Waals surface area contributed by atoms with Crippen molar-refractivity contribution in [1.29, 1.82) is 0 Å². The summed E-state index contributed by atoms with van der Waals surface area (Å²) in [5, 5.41) is 3.56. The van der Waals surface area contributed by atoms with E-state index in [1.165, 1.54) is 16.9 Å². The molecule has 22 heavy (non-hydrogen) atoms. The van der Waals surface area contributed by atoms with E-state index in [9.17, 15) is 0 Å². The van der Waals surface area contributed by atoms with Gasteiger partial charge in [-0.05, 0) is 38.6 Å². The van der Waals surface area contributed by atoms with Crippen LogP contribution in [0.3, 0.4) is 0 Å². The molecule has 1 aromatic carbocycles. The summed E-state index contributed by atoms with van der Waals surface area (Å²) in [6.45, 7) is 12.2. The summed E-state index contributed by atoms with van der Waals surface area (Å²) in [5.41, 5.74) is 4.02. The molecule has 0 bridgehead atoms. The van der Waals surface area contributed by atoms with E-state index in [4.69, 9.17) is 4.74 Å². The van der Waals surface area contributed by atoms with E-state index in [1.807, 2.05) is 0 Å². The van der Waals surface area contributed by atoms with Gasteiger partial charge in [0.05, 0.1) is 12.8 Å². The highest BCUT2D eigenvalue weighted by molar-refractivity contribution is 5.73. The summed E-state index contributed by atoms with van der Waals surface area (Å²) in [4.78, 5) is 4.93. The van der Waals surface area contributed by atoms with E-state index in [2.05, 4.69) is 62.0 Å². The minimum Gasteiger partial charge on any atom is -0.495 e. The molecule has 1 fully saturated rings. The van der Waals surface area contributed by atoms with E-state index in [0.29, 0.717) is 12.1 Å². The van der Waals surface area contributed by atoms with Crippen molar-refractivity contribution in [3.05, 3.63) is 17.7 Å². The number of ether oxygens (including phenoxy) is 1. The predicted molar refractivity (Wildman–Crippen MR) is 93.4 cm³/mol. The van der Waals surface area contributed by atoms with Gasteiger partial charge in [-0.15, -0.1) is 0 Å². The molecule has 2 heterocycles. The first-order valence-corrected chi connectivity index (χ1v) is 8.27. The molecule has 2 unspecified atom stereocenters. The van der Waals surface area contributed by atoms with Crippen LogP contribution in [0.15, 0.2) is 12.1 Å². The third-order valence-corrected chi connectivity index (χ3v) is 5.47. The number of nitrogens with zero attached hydrogens (tertiary/aromatic N) is 2. The number of nitrogens with one attached hydrogen (secondary N) is 1. The van der Waals surface area contributed by atoms with Crippen molar-refractivity contribution >= 4 is 11.4 Å². The number of anilines is 2. The summed E-state index contributed by atoms with van der Waals surface area (Å²) in [6, 6.07) is 5.61. The number of rotatable bonds is 2. The number of hydrogen-bond acceptors (Lipinski definition) is 4. The summed E-state index contributed by atoms with van der Waals surface area (Å²) < 4.78 is 5.73. The first-order chi connectivity index (χ1) is 10.3. The van der Waals surface area contributed by atoms with Gasteiger partial charge in [-0.25, -0.2) is 0 Å². The molecule has 3 rings (SSSR count). The summed E-state index contributed by atoms with van der Waals surface area (Å²) >= 11 is 0. The Morgan fingerprint density at radius 1 is 1.18 bits per heavy atom. The highest BCUT2D eigenvalue weighted by Gasteiger charge is 2.33. The Bertz CT molecular complexity index is 558. The predicted octanol–water partition coefficient (Wildman–Crippen LogP) is 2.93. The number of methoxy groups -OCH3 is 1. The molecule has 4 nitrogen and oxygen atoms in total. The Kier molecular flexibility index (Phi) is 3.76. The lowest BCUT2D eigenvalue weighted by Crippen LogP contribution is -2.55. The van der Waals surface area contributed by atoms with Crippen LogP contribution in [0.25, 0.3) is 0 Å². The van der Waals surface area contributed by atoms with Crippen molar-refractivity contribution < 1.29 is 4.74 Å². The standard InChI is InChI=1S/C18H29N3O/c1-12-9-21(10-13(2)20(12)5)16-8-15-14(7-17(16)22-6)18(3,4)11-19-15/h7-8,12-13,19H,9-11H2,1-6H3. The van der Waals surface area contributed by atoms with Crippen LogP contribution >= 0.6 is 0 Å². The molecule has 0 spiro atoms. The Balaban J connectivity index is 1.98. The third kappa shape index (κ3) is 2.43. The Morgan fingerprint density at radius 2 is 1.82 bits per heavy atom. The maximum absolute atomic E-state index is 5.73. The van der Waals surface area contributed by atoms with Gasteiger partial charge in [-0.1, -0.05) is 13.8 Å². The van der Waals surface area contributed by atoms with Crippen LogP contribution in [0.5, 0.6) is 5.75 Å². The monoisotopic (exact) mass is 303 g/mol. The summed E-state index contributed by atoms with van der Waals surface area (Å²) in [5.74, 6) is 1.000. The van der Waals surface area contributed by atoms with Gasteiger partial charge in [0, 0.05) is 42.8 Å². The Hall–Kier alpha value is -1.42. The molecule has 2 aliphatic heterocycles. The minimum absolute atomic E-state index is 0.170. The van der Waals surface area contributed by atoms with Crippen molar-refractivity contribution in [2.75, 3.05) is 44.0 Å². The summed E-state index contributed by atoms with van der Waals surface area (Å²) in [7, 11) is 4.00. The molecular formula is C18H29N3O. The van der Waals surface area contributed by atoms with Crippen molar-refractivity contribution in [2.45, 2.75) is 45.2 Å². The van der Waals surface area contributed by atoms with Crippen LogP contribution in [0.2, 0.25) is 0 Å². The largest absolute Gasteiger partial charge is 0.495 e. The molecule has 1 aromatic rings. The zero-order chi connectivity index (χ0) is 16.1. The lowest BCUT2D eigenvalue weighted by molar-refractivity contribution is 0.169. The van der Waals surface area contributed by atoms with E-state index in [1.54, 1.807) is 7.11 Å². The van der Waals surface area contributed by atoms with Gasteiger partial charge in [0.15, 0.2) is 0 Å². The maximum atomic E-state index is 5.73. The van der Waals surface area contributed by atoms with Crippen LogP contribution < -0.4 is 15.0 Å². The fraction of sp³-hybridized carbons (Fsp3) is 0.667. The third-order valence-electron chi connectivity index (χ3n) is 5.47.